The molecule has 0 aliphatic rings. The second-order valence-corrected chi connectivity index (χ2v) is 3.24. The van der Waals surface area contributed by atoms with Gasteiger partial charge in [0.15, 0.2) is 11.5 Å². The maximum atomic E-state index is 10.0. The van der Waals surface area contributed by atoms with Crippen molar-refractivity contribution in [1.82, 2.24) is 0 Å². The zero-order valence-corrected chi connectivity index (χ0v) is 9.00. The van der Waals surface area contributed by atoms with Gasteiger partial charge in [0.2, 0.25) is 6.08 Å². The van der Waals surface area contributed by atoms with Crippen molar-refractivity contribution in [3.05, 3.63) is 22.8 Å². The van der Waals surface area contributed by atoms with Crippen LogP contribution in [0.2, 0.25) is 0 Å². The lowest BCUT2D eigenvalue weighted by molar-refractivity contribution is 0.371. The molecule has 0 aliphatic carbocycles. The quantitative estimate of drug-likeness (QED) is 0.607. The predicted octanol–water partition coefficient (Wildman–Crippen LogP) is 1.85. The highest BCUT2D eigenvalue weighted by molar-refractivity contribution is 5.52. The van der Waals surface area contributed by atoms with E-state index in [1.165, 1.54) is 13.2 Å². The third-order valence-corrected chi connectivity index (χ3v) is 2.47. The molecule has 0 saturated heterocycles. The van der Waals surface area contributed by atoms with Crippen molar-refractivity contribution in [3.63, 3.8) is 0 Å². The fraction of sp³-hybridized carbons (Fsp3) is 0.364. The van der Waals surface area contributed by atoms with Gasteiger partial charge in [-0.3, -0.25) is 0 Å². The summed E-state index contributed by atoms with van der Waals surface area (Å²) in [6.07, 6.45) is 1.49. The fourth-order valence-corrected chi connectivity index (χ4v) is 1.38. The summed E-state index contributed by atoms with van der Waals surface area (Å²) in [6, 6.07) is 1.68. The van der Waals surface area contributed by atoms with Gasteiger partial charge >= 0.3 is 0 Å². The number of hydrogen-bond acceptors (Lipinski definition) is 4. The lowest BCUT2D eigenvalue weighted by Gasteiger charge is -2.12. The van der Waals surface area contributed by atoms with Crippen molar-refractivity contribution in [1.29, 1.82) is 0 Å². The van der Waals surface area contributed by atoms with Gasteiger partial charge in [0, 0.05) is 0 Å². The summed E-state index contributed by atoms with van der Waals surface area (Å²) in [5, 5.41) is 9.70. The molecular formula is C11H13NO3. The molecule has 1 aromatic rings. The van der Waals surface area contributed by atoms with Gasteiger partial charge < -0.3 is 9.84 Å². The topological polar surface area (TPSA) is 58.9 Å². The molecule has 0 radical (unpaired) electrons. The summed E-state index contributed by atoms with van der Waals surface area (Å²) in [5.74, 6) is 0.531. The first-order valence-corrected chi connectivity index (χ1v) is 4.51. The first kappa shape index (κ1) is 11.3. The number of hydrogen-bond donors (Lipinski definition) is 1. The monoisotopic (exact) mass is 207 g/mol. The minimum absolute atomic E-state index is 0.133. The Morgan fingerprint density at radius 2 is 2.13 bits per heavy atom. The summed E-state index contributed by atoms with van der Waals surface area (Å²) in [7, 11) is 1.48. The number of aromatic hydroxyl groups is 1. The number of phenolic OH excluding ortho intramolecular Hbond substituents is 1. The van der Waals surface area contributed by atoms with Crippen molar-refractivity contribution >= 4 is 6.08 Å². The Hall–Kier alpha value is -1.80. The normalized spacial score (nSPS) is 9.53. The van der Waals surface area contributed by atoms with Gasteiger partial charge in [-0.1, -0.05) is 0 Å². The molecule has 15 heavy (non-hydrogen) atoms. The Labute approximate surface area is 88.2 Å². The number of nitrogens with zero attached hydrogens (tertiary/aromatic N) is 1. The summed E-state index contributed by atoms with van der Waals surface area (Å²) in [5.41, 5.74) is 2.50. The molecule has 0 unspecified atom stereocenters. The van der Waals surface area contributed by atoms with E-state index in [1.807, 2.05) is 6.92 Å². The van der Waals surface area contributed by atoms with Crippen LogP contribution in [0.25, 0.3) is 0 Å². The maximum absolute atomic E-state index is 10.0. The van der Waals surface area contributed by atoms with Gasteiger partial charge in [-0.2, -0.15) is 0 Å². The first-order chi connectivity index (χ1) is 7.11. The first-order valence-electron chi connectivity index (χ1n) is 4.51. The molecule has 0 amide bonds. The molecule has 0 atom stereocenters. The molecule has 0 aliphatic heterocycles. The van der Waals surface area contributed by atoms with Gasteiger partial charge in [-0.15, -0.1) is 0 Å². The SMILES string of the molecule is COc1cc(CN=C=O)c(C)c(C)c1O. The van der Waals surface area contributed by atoms with Crippen molar-refractivity contribution in [2.45, 2.75) is 20.4 Å². The second-order valence-electron chi connectivity index (χ2n) is 3.24. The van der Waals surface area contributed by atoms with Crippen molar-refractivity contribution in [2.75, 3.05) is 7.11 Å². The molecule has 1 N–H and O–H groups in total. The van der Waals surface area contributed by atoms with Gasteiger partial charge in [0.05, 0.1) is 13.7 Å². The van der Waals surface area contributed by atoms with Crippen LogP contribution in [0.5, 0.6) is 11.5 Å². The summed E-state index contributed by atoms with van der Waals surface area (Å²) < 4.78 is 5.01. The molecule has 0 aromatic heterocycles. The smallest absolute Gasteiger partial charge is 0.235 e. The van der Waals surface area contributed by atoms with Crippen LogP contribution in [-0.2, 0) is 11.3 Å². The van der Waals surface area contributed by atoms with Crippen LogP contribution in [0.15, 0.2) is 11.1 Å². The number of carbonyl (C=O) groups excluding carboxylic acids is 1. The van der Waals surface area contributed by atoms with E-state index < -0.39 is 0 Å². The average molecular weight is 207 g/mol. The third kappa shape index (κ3) is 2.17. The number of methoxy groups -OCH3 is 1. The molecule has 0 heterocycles. The molecule has 0 spiro atoms. The van der Waals surface area contributed by atoms with E-state index in [0.717, 1.165) is 16.7 Å². The van der Waals surface area contributed by atoms with Crippen LogP contribution < -0.4 is 4.74 Å². The Bertz CT molecular complexity index is 420. The Morgan fingerprint density at radius 1 is 1.47 bits per heavy atom. The number of isocyanates is 1. The molecular weight excluding hydrogens is 194 g/mol. The molecule has 0 fully saturated rings. The van der Waals surface area contributed by atoms with E-state index in [9.17, 15) is 9.90 Å². The summed E-state index contributed by atoms with van der Waals surface area (Å²) in [4.78, 5) is 13.5. The largest absolute Gasteiger partial charge is 0.504 e. The molecule has 0 bridgehead atoms. The van der Waals surface area contributed by atoms with E-state index >= 15 is 0 Å². The lowest BCUT2D eigenvalue weighted by atomic mass is 10.0. The highest BCUT2D eigenvalue weighted by Gasteiger charge is 2.11. The standard InChI is InChI=1S/C11H13NO3/c1-7-8(2)11(14)10(15-3)4-9(7)5-12-6-13/h4,14H,5H2,1-3H3. The number of aliphatic imine (C=N–C) groups is 1. The number of benzene rings is 1. The maximum Gasteiger partial charge on any atom is 0.235 e. The van der Waals surface area contributed by atoms with Crippen LogP contribution in [0.1, 0.15) is 16.7 Å². The van der Waals surface area contributed by atoms with Gasteiger partial charge in [-0.25, -0.2) is 9.79 Å². The van der Waals surface area contributed by atoms with Crippen molar-refractivity contribution in [3.8, 4) is 11.5 Å². The number of phenols is 1. The zero-order chi connectivity index (χ0) is 11.4. The predicted molar refractivity (Wildman–Crippen MR) is 56.0 cm³/mol. The minimum Gasteiger partial charge on any atom is -0.504 e. The van der Waals surface area contributed by atoms with E-state index in [4.69, 9.17) is 4.74 Å². The van der Waals surface area contributed by atoms with E-state index in [-0.39, 0.29) is 12.3 Å². The van der Waals surface area contributed by atoms with Gasteiger partial charge in [-0.05, 0) is 36.6 Å². The summed E-state index contributed by atoms with van der Waals surface area (Å²) >= 11 is 0. The highest BCUT2D eigenvalue weighted by atomic mass is 16.5. The second kappa shape index (κ2) is 4.62. The molecule has 4 heteroatoms. The summed E-state index contributed by atoms with van der Waals surface area (Å²) in [6.45, 7) is 3.91. The fourth-order valence-electron chi connectivity index (χ4n) is 1.38. The van der Waals surface area contributed by atoms with E-state index in [1.54, 1.807) is 13.0 Å². The molecule has 0 saturated carbocycles. The molecule has 80 valence electrons. The van der Waals surface area contributed by atoms with Gasteiger partial charge in [0.25, 0.3) is 0 Å². The molecule has 1 aromatic carbocycles. The zero-order valence-electron chi connectivity index (χ0n) is 9.00. The third-order valence-electron chi connectivity index (χ3n) is 2.47. The molecule has 1 rings (SSSR count). The number of rotatable bonds is 3. The van der Waals surface area contributed by atoms with Crippen LogP contribution in [0.3, 0.4) is 0 Å². The molecule has 4 nitrogen and oxygen atoms in total. The Balaban J connectivity index is 3.28. The Kier molecular flexibility index (Phi) is 3.47. The Morgan fingerprint density at radius 3 is 2.67 bits per heavy atom. The van der Waals surface area contributed by atoms with Crippen LogP contribution >= 0.6 is 0 Å². The average Bonchev–Trinajstić information content (AvgIpc) is 2.25. The van der Waals surface area contributed by atoms with E-state index in [0.29, 0.717) is 5.75 Å². The lowest BCUT2D eigenvalue weighted by Crippen LogP contribution is -1.95. The number of ether oxygens (including phenoxy) is 1. The van der Waals surface area contributed by atoms with Crippen LogP contribution in [-0.4, -0.2) is 18.3 Å². The van der Waals surface area contributed by atoms with Crippen LogP contribution in [0.4, 0.5) is 0 Å². The van der Waals surface area contributed by atoms with Gasteiger partial charge in [0.1, 0.15) is 0 Å². The highest BCUT2D eigenvalue weighted by Crippen LogP contribution is 2.34. The van der Waals surface area contributed by atoms with Crippen molar-refractivity contribution in [2.24, 2.45) is 4.99 Å². The van der Waals surface area contributed by atoms with Crippen LogP contribution in [0, 0.1) is 13.8 Å². The minimum atomic E-state index is 0.133. The van der Waals surface area contributed by atoms with E-state index in [2.05, 4.69) is 4.99 Å². The van der Waals surface area contributed by atoms with Crippen molar-refractivity contribution < 1.29 is 14.6 Å².